The van der Waals surface area contributed by atoms with Crippen molar-refractivity contribution in [3.8, 4) is 0 Å². The topological polar surface area (TPSA) is 12.0 Å². The van der Waals surface area contributed by atoms with Gasteiger partial charge in [0, 0.05) is 11.7 Å². The van der Waals surface area contributed by atoms with Crippen LogP contribution in [0.1, 0.15) is 40.2 Å². The summed E-state index contributed by atoms with van der Waals surface area (Å²) in [5.41, 5.74) is 0.101. The van der Waals surface area contributed by atoms with Crippen LogP contribution in [0.25, 0.3) is 0 Å². The molecule has 0 bridgehead atoms. The van der Waals surface area contributed by atoms with Gasteiger partial charge >= 0.3 is 6.18 Å². The lowest BCUT2D eigenvalue weighted by Crippen LogP contribution is -2.21. The molecule has 1 aromatic carbocycles. The summed E-state index contributed by atoms with van der Waals surface area (Å²) in [6.45, 7) is 10.1. The maximum Gasteiger partial charge on any atom is 0.416 e. The molecule has 0 heterocycles. The lowest BCUT2D eigenvalue weighted by molar-refractivity contribution is -0.137. The van der Waals surface area contributed by atoms with Crippen molar-refractivity contribution in [2.24, 2.45) is 5.92 Å². The van der Waals surface area contributed by atoms with Gasteiger partial charge in [-0.25, -0.2) is 0 Å². The molecule has 4 heteroatoms. The maximum atomic E-state index is 12.3. The Morgan fingerprint density at radius 2 is 1.39 bits per heavy atom. The third kappa shape index (κ3) is 5.43. The summed E-state index contributed by atoms with van der Waals surface area (Å²) in [5, 5.41) is 3.15. The van der Waals surface area contributed by atoms with E-state index in [1.807, 2.05) is 20.8 Å². The third-order valence-corrected chi connectivity index (χ3v) is 2.61. The number of hydrogen-bond acceptors (Lipinski definition) is 1. The van der Waals surface area contributed by atoms with E-state index in [9.17, 15) is 13.2 Å². The van der Waals surface area contributed by atoms with Crippen LogP contribution in [0.3, 0.4) is 0 Å². The Bertz CT molecular complexity index is 328. The smallest absolute Gasteiger partial charge is 0.382 e. The monoisotopic (exact) mass is 261 g/mol. The fourth-order valence-electron chi connectivity index (χ4n) is 1.18. The lowest BCUT2D eigenvalue weighted by Gasteiger charge is -2.19. The van der Waals surface area contributed by atoms with Crippen molar-refractivity contribution in [2.75, 3.05) is 5.32 Å². The van der Waals surface area contributed by atoms with Gasteiger partial charge in [-0.3, -0.25) is 0 Å². The van der Waals surface area contributed by atoms with E-state index >= 15 is 0 Å². The molecule has 0 aliphatic heterocycles. The molecule has 0 spiro atoms. The van der Waals surface area contributed by atoms with Gasteiger partial charge in [-0.15, -0.1) is 0 Å². The Labute approximate surface area is 107 Å². The SMILES string of the molecule is CC.CC(C)C(C)Nc1ccc(C(F)(F)F)cc1. The van der Waals surface area contributed by atoms with Crippen molar-refractivity contribution in [1.82, 2.24) is 0 Å². The molecule has 104 valence electrons. The second-order valence-electron chi connectivity index (χ2n) is 4.25. The summed E-state index contributed by atoms with van der Waals surface area (Å²) in [6.07, 6.45) is -4.26. The van der Waals surface area contributed by atoms with Gasteiger partial charge in [-0.2, -0.15) is 13.2 Å². The van der Waals surface area contributed by atoms with Crippen molar-refractivity contribution < 1.29 is 13.2 Å². The predicted octanol–water partition coefficient (Wildman–Crippen LogP) is 5.19. The van der Waals surface area contributed by atoms with Gasteiger partial charge in [0.25, 0.3) is 0 Å². The molecular weight excluding hydrogens is 239 g/mol. The van der Waals surface area contributed by atoms with Crippen LogP contribution in [0, 0.1) is 5.92 Å². The van der Waals surface area contributed by atoms with E-state index in [2.05, 4.69) is 19.2 Å². The number of nitrogens with one attached hydrogen (secondary N) is 1. The molecule has 0 radical (unpaired) electrons. The Kier molecular flexibility index (Phi) is 6.81. The first-order chi connectivity index (χ1) is 8.30. The van der Waals surface area contributed by atoms with Gasteiger partial charge in [0.15, 0.2) is 0 Å². The minimum absolute atomic E-state index is 0.233. The molecule has 18 heavy (non-hydrogen) atoms. The number of hydrogen-bond donors (Lipinski definition) is 1. The van der Waals surface area contributed by atoms with Crippen LogP contribution in [0.2, 0.25) is 0 Å². The average molecular weight is 261 g/mol. The normalized spacial score (nSPS) is 12.7. The maximum absolute atomic E-state index is 12.3. The summed E-state index contributed by atoms with van der Waals surface area (Å²) < 4.78 is 36.9. The number of halogens is 3. The Balaban J connectivity index is 0.00000137. The number of alkyl halides is 3. The minimum atomic E-state index is -4.26. The van der Waals surface area contributed by atoms with Gasteiger partial charge in [-0.05, 0) is 37.1 Å². The van der Waals surface area contributed by atoms with E-state index in [1.54, 1.807) is 0 Å². The first-order valence-corrected chi connectivity index (χ1v) is 6.24. The zero-order valence-corrected chi connectivity index (χ0v) is 11.6. The first-order valence-electron chi connectivity index (χ1n) is 6.24. The van der Waals surface area contributed by atoms with Crippen LogP contribution in [-0.2, 0) is 6.18 Å². The van der Waals surface area contributed by atoms with Crippen LogP contribution < -0.4 is 5.32 Å². The van der Waals surface area contributed by atoms with Gasteiger partial charge < -0.3 is 5.32 Å². The van der Waals surface area contributed by atoms with Gasteiger partial charge in [-0.1, -0.05) is 27.7 Å². The number of rotatable bonds is 3. The minimum Gasteiger partial charge on any atom is -0.382 e. The van der Waals surface area contributed by atoms with Gasteiger partial charge in [0.05, 0.1) is 5.56 Å². The highest BCUT2D eigenvalue weighted by molar-refractivity contribution is 5.45. The molecule has 1 nitrogen and oxygen atoms in total. The molecule has 0 saturated heterocycles. The molecule has 1 N–H and O–H groups in total. The van der Waals surface area contributed by atoms with Crippen molar-refractivity contribution in [3.05, 3.63) is 29.8 Å². The highest BCUT2D eigenvalue weighted by Gasteiger charge is 2.29. The highest BCUT2D eigenvalue weighted by atomic mass is 19.4. The van der Waals surface area contributed by atoms with Crippen LogP contribution in [0.4, 0.5) is 18.9 Å². The molecule has 1 aromatic rings. The summed E-state index contributed by atoms with van der Waals surface area (Å²) >= 11 is 0. The second kappa shape index (κ2) is 7.29. The molecule has 0 aliphatic rings. The molecule has 0 aliphatic carbocycles. The fourth-order valence-corrected chi connectivity index (χ4v) is 1.18. The second-order valence-corrected chi connectivity index (χ2v) is 4.25. The Hall–Kier alpha value is -1.19. The van der Waals surface area contributed by atoms with Crippen molar-refractivity contribution in [2.45, 2.75) is 46.8 Å². The van der Waals surface area contributed by atoms with Crippen LogP contribution in [0.15, 0.2) is 24.3 Å². The zero-order chi connectivity index (χ0) is 14.3. The van der Waals surface area contributed by atoms with E-state index in [0.29, 0.717) is 11.6 Å². The quantitative estimate of drug-likeness (QED) is 0.789. The molecule has 0 amide bonds. The van der Waals surface area contributed by atoms with E-state index in [4.69, 9.17) is 0 Å². The van der Waals surface area contributed by atoms with Gasteiger partial charge in [0.1, 0.15) is 0 Å². The van der Waals surface area contributed by atoms with Crippen molar-refractivity contribution >= 4 is 5.69 Å². The van der Waals surface area contributed by atoms with Crippen LogP contribution >= 0.6 is 0 Å². The summed E-state index contributed by atoms with van der Waals surface area (Å²) in [7, 11) is 0. The molecule has 1 rings (SSSR count). The van der Waals surface area contributed by atoms with E-state index < -0.39 is 11.7 Å². The zero-order valence-electron chi connectivity index (χ0n) is 11.6. The number of benzene rings is 1. The first kappa shape index (κ1) is 16.8. The van der Waals surface area contributed by atoms with Crippen molar-refractivity contribution in [1.29, 1.82) is 0 Å². The molecule has 0 saturated carbocycles. The van der Waals surface area contributed by atoms with Gasteiger partial charge in [0.2, 0.25) is 0 Å². The molecule has 1 atom stereocenters. The fraction of sp³-hybridized carbons (Fsp3) is 0.571. The molecule has 0 fully saturated rings. The molecule has 0 aromatic heterocycles. The molecule has 1 unspecified atom stereocenters. The Morgan fingerprint density at radius 1 is 0.944 bits per heavy atom. The van der Waals surface area contributed by atoms with Crippen molar-refractivity contribution in [3.63, 3.8) is 0 Å². The number of anilines is 1. The van der Waals surface area contributed by atoms with Crippen LogP contribution in [-0.4, -0.2) is 6.04 Å². The largest absolute Gasteiger partial charge is 0.416 e. The van der Waals surface area contributed by atoms with E-state index in [-0.39, 0.29) is 6.04 Å². The third-order valence-electron chi connectivity index (χ3n) is 2.61. The summed E-state index contributed by atoms with van der Waals surface area (Å²) in [5.74, 6) is 0.433. The summed E-state index contributed by atoms with van der Waals surface area (Å²) in [4.78, 5) is 0. The average Bonchev–Trinajstić information content (AvgIpc) is 2.31. The van der Waals surface area contributed by atoms with E-state index in [0.717, 1.165) is 12.1 Å². The molecular formula is C14H22F3N. The van der Waals surface area contributed by atoms with E-state index in [1.165, 1.54) is 12.1 Å². The lowest BCUT2D eigenvalue weighted by atomic mass is 10.1. The van der Waals surface area contributed by atoms with Crippen LogP contribution in [0.5, 0.6) is 0 Å². The summed E-state index contributed by atoms with van der Waals surface area (Å²) in [6, 6.07) is 5.34. The predicted molar refractivity (Wildman–Crippen MR) is 70.7 cm³/mol. The highest BCUT2D eigenvalue weighted by Crippen LogP contribution is 2.30. The standard InChI is InChI=1S/C12H16F3N.C2H6/c1-8(2)9(3)16-11-6-4-10(5-7-11)12(13,14)15;1-2/h4-9,16H,1-3H3;1-2H3. The Morgan fingerprint density at radius 3 is 1.72 bits per heavy atom.